The Kier molecular flexibility index (Phi) is 3.04. The summed E-state index contributed by atoms with van der Waals surface area (Å²) in [4.78, 5) is 10.9. The van der Waals surface area contributed by atoms with Crippen LogP contribution in [0.5, 0.6) is 0 Å². The molecule has 0 unspecified atom stereocenters. The molecule has 20 heavy (non-hydrogen) atoms. The van der Waals surface area contributed by atoms with Gasteiger partial charge in [0.1, 0.15) is 11.4 Å². The highest BCUT2D eigenvalue weighted by Gasteiger charge is 2.30. The van der Waals surface area contributed by atoms with E-state index in [1.165, 1.54) is 0 Å². The second-order valence-corrected chi connectivity index (χ2v) is 3.91. The van der Waals surface area contributed by atoms with Gasteiger partial charge in [0.15, 0.2) is 5.82 Å². The number of carboxylic acid groups (broad SMARTS) is 1. The Hall–Kier alpha value is -2.71. The monoisotopic (exact) mass is 286 g/mol. The van der Waals surface area contributed by atoms with E-state index in [1.54, 1.807) is 0 Å². The van der Waals surface area contributed by atoms with Crippen LogP contribution in [0.2, 0.25) is 0 Å². The number of alkyl halides is 3. The fraction of sp³-hybridized carbons (Fsp3) is 0.0909. The zero-order chi connectivity index (χ0) is 15.1. The molecular formula is C11H9F3N4O2. The summed E-state index contributed by atoms with van der Waals surface area (Å²) < 4.78 is 38.3. The number of carboxylic acids is 1. The number of carbonyl (C=O) groups is 1. The highest BCUT2D eigenvalue weighted by Crippen LogP contribution is 2.30. The molecule has 1 heterocycles. The first-order valence-electron chi connectivity index (χ1n) is 5.26. The summed E-state index contributed by atoms with van der Waals surface area (Å²) in [6, 6.07) is 3.93. The van der Waals surface area contributed by atoms with Crippen molar-refractivity contribution in [3.05, 3.63) is 35.4 Å². The van der Waals surface area contributed by atoms with Crippen molar-refractivity contribution in [2.24, 2.45) is 0 Å². The molecule has 0 radical (unpaired) electrons. The van der Waals surface area contributed by atoms with E-state index in [-0.39, 0.29) is 22.9 Å². The molecule has 0 saturated heterocycles. The van der Waals surface area contributed by atoms with E-state index < -0.39 is 17.7 Å². The number of benzene rings is 1. The van der Waals surface area contributed by atoms with Gasteiger partial charge in [-0.25, -0.2) is 9.48 Å². The lowest BCUT2D eigenvalue weighted by atomic mass is 10.2. The van der Waals surface area contributed by atoms with Crippen molar-refractivity contribution in [3.8, 4) is 5.69 Å². The van der Waals surface area contributed by atoms with Crippen LogP contribution in [-0.2, 0) is 6.18 Å². The Balaban J connectivity index is 2.48. The van der Waals surface area contributed by atoms with Crippen LogP contribution < -0.4 is 11.5 Å². The molecule has 6 nitrogen and oxygen atoms in total. The Morgan fingerprint density at radius 1 is 1.20 bits per heavy atom. The fourth-order valence-electron chi connectivity index (χ4n) is 1.66. The first-order chi connectivity index (χ1) is 9.21. The van der Waals surface area contributed by atoms with E-state index in [4.69, 9.17) is 16.6 Å². The molecule has 1 aromatic carbocycles. The summed E-state index contributed by atoms with van der Waals surface area (Å²) in [5.41, 5.74) is 9.94. The van der Waals surface area contributed by atoms with E-state index in [9.17, 15) is 18.0 Å². The van der Waals surface area contributed by atoms with Gasteiger partial charge in [0.25, 0.3) is 0 Å². The van der Waals surface area contributed by atoms with Crippen LogP contribution in [0.15, 0.2) is 24.3 Å². The maximum Gasteiger partial charge on any atom is 0.416 e. The largest absolute Gasteiger partial charge is 0.477 e. The highest BCUT2D eigenvalue weighted by molar-refractivity contribution is 5.98. The van der Waals surface area contributed by atoms with Crippen molar-refractivity contribution in [3.63, 3.8) is 0 Å². The normalized spacial score (nSPS) is 11.6. The number of nitrogens with two attached hydrogens (primary N) is 2. The number of anilines is 2. The van der Waals surface area contributed by atoms with Crippen molar-refractivity contribution in [1.82, 2.24) is 9.78 Å². The van der Waals surface area contributed by atoms with Crippen LogP contribution in [-0.4, -0.2) is 20.9 Å². The molecule has 0 saturated carbocycles. The van der Waals surface area contributed by atoms with Crippen molar-refractivity contribution >= 4 is 17.6 Å². The molecule has 9 heteroatoms. The Labute approximate surface area is 110 Å². The predicted octanol–water partition coefficient (Wildman–Crippen LogP) is 1.75. The minimum absolute atomic E-state index is 0.176. The second-order valence-electron chi connectivity index (χ2n) is 3.91. The molecule has 1 aromatic heterocycles. The minimum Gasteiger partial charge on any atom is -0.477 e. The zero-order valence-electron chi connectivity index (χ0n) is 9.85. The number of nitrogen functional groups attached to an aromatic ring is 2. The summed E-state index contributed by atoms with van der Waals surface area (Å²) in [5.74, 6) is -1.93. The maximum absolute atomic E-state index is 12.4. The topological polar surface area (TPSA) is 107 Å². The van der Waals surface area contributed by atoms with Gasteiger partial charge in [-0.05, 0) is 24.3 Å². The molecule has 0 bridgehead atoms. The number of hydrogen-bond donors (Lipinski definition) is 3. The molecule has 0 fully saturated rings. The first kappa shape index (κ1) is 13.7. The highest BCUT2D eigenvalue weighted by atomic mass is 19.4. The van der Waals surface area contributed by atoms with Gasteiger partial charge < -0.3 is 16.6 Å². The van der Waals surface area contributed by atoms with E-state index >= 15 is 0 Å². The molecule has 0 aliphatic rings. The molecule has 106 valence electrons. The van der Waals surface area contributed by atoms with Crippen LogP contribution in [0.4, 0.5) is 24.8 Å². The minimum atomic E-state index is -4.46. The summed E-state index contributed by atoms with van der Waals surface area (Å²) in [5, 5.41) is 12.6. The molecule has 0 amide bonds. The maximum atomic E-state index is 12.4. The number of rotatable bonds is 2. The Morgan fingerprint density at radius 2 is 1.75 bits per heavy atom. The van der Waals surface area contributed by atoms with Gasteiger partial charge in [-0.1, -0.05) is 0 Å². The third kappa shape index (κ3) is 2.25. The van der Waals surface area contributed by atoms with Gasteiger partial charge in [0, 0.05) is 0 Å². The molecule has 0 atom stereocenters. The summed E-state index contributed by atoms with van der Waals surface area (Å²) in [6.45, 7) is 0. The molecule has 0 spiro atoms. The molecule has 2 aromatic rings. The van der Waals surface area contributed by atoms with Crippen molar-refractivity contribution in [2.75, 3.05) is 11.5 Å². The molecule has 0 aliphatic heterocycles. The molecule has 0 aliphatic carbocycles. The van der Waals surface area contributed by atoms with Gasteiger partial charge >= 0.3 is 12.1 Å². The molecule has 5 N–H and O–H groups in total. The number of nitrogens with zero attached hydrogens (tertiary/aromatic N) is 2. The number of hydrogen-bond acceptors (Lipinski definition) is 4. The fourth-order valence-corrected chi connectivity index (χ4v) is 1.66. The van der Waals surface area contributed by atoms with Crippen LogP contribution in [0, 0.1) is 0 Å². The summed E-state index contributed by atoms with van der Waals surface area (Å²) in [6.07, 6.45) is -4.46. The smallest absolute Gasteiger partial charge is 0.416 e. The lowest BCUT2D eigenvalue weighted by Crippen LogP contribution is -2.07. The van der Waals surface area contributed by atoms with E-state index in [2.05, 4.69) is 5.10 Å². The Morgan fingerprint density at radius 3 is 2.15 bits per heavy atom. The Bertz CT molecular complexity index is 662. The van der Waals surface area contributed by atoms with Crippen molar-refractivity contribution < 1.29 is 23.1 Å². The van der Waals surface area contributed by atoms with Gasteiger partial charge in [-0.3, -0.25) is 0 Å². The van der Waals surface area contributed by atoms with Gasteiger partial charge in [0.05, 0.1) is 11.3 Å². The second kappa shape index (κ2) is 4.44. The van der Waals surface area contributed by atoms with Crippen LogP contribution in [0.25, 0.3) is 5.69 Å². The van der Waals surface area contributed by atoms with Gasteiger partial charge in [0.2, 0.25) is 0 Å². The summed E-state index contributed by atoms with van der Waals surface area (Å²) in [7, 11) is 0. The van der Waals surface area contributed by atoms with Crippen LogP contribution in [0.1, 0.15) is 15.9 Å². The first-order valence-corrected chi connectivity index (χ1v) is 5.26. The standard InChI is InChI=1S/C11H9F3N4O2/c12-11(13,14)5-1-3-6(4-2-5)18-9(16)7(10(19)20)8(15)17-18/h1-4H,16H2,(H2,15,17)(H,19,20). The van der Waals surface area contributed by atoms with Crippen LogP contribution >= 0.6 is 0 Å². The predicted molar refractivity (Wildman–Crippen MR) is 64.4 cm³/mol. The quantitative estimate of drug-likeness (QED) is 0.779. The lowest BCUT2D eigenvalue weighted by molar-refractivity contribution is -0.137. The van der Waals surface area contributed by atoms with Gasteiger partial charge in [-0.15, -0.1) is 5.10 Å². The third-order valence-corrected chi connectivity index (χ3v) is 2.60. The average molecular weight is 286 g/mol. The van der Waals surface area contributed by atoms with Crippen molar-refractivity contribution in [1.29, 1.82) is 0 Å². The number of halogens is 3. The van der Waals surface area contributed by atoms with E-state index in [0.717, 1.165) is 28.9 Å². The SMILES string of the molecule is Nc1nn(-c2ccc(C(F)(F)F)cc2)c(N)c1C(=O)O. The number of aromatic nitrogens is 2. The molecular weight excluding hydrogens is 277 g/mol. The summed E-state index contributed by atoms with van der Waals surface area (Å²) >= 11 is 0. The van der Waals surface area contributed by atoms with E-state index in [1.807, 2.05) is 0 Å². The third-order valence-electron chi connectivity index (χ3n) is 2.60. The average Bonchev–Trinajstić information content (AvgIpc) is 2.64. The zero-order valence-corrected chi connectivity index (χ0v) is 9.85. The lowest BCUT2D eigenvalue weighted by Gasteiger charge is -2.08. The van der Waals surface area contributed by atoms with Crippen LogP contribution in [0.3, 0.4) is 0 Å². The van der Waals surface area contributed by atoms with Crippen molar-refractivity contribution in [2.45, 2.75) is 6.18 Å². The number of aromatic carboxylic acids is 1. The molecule has 2 rings (SSSR count). The van der Waals surface area contributed by atoms with Gasteiger partial charge in [-0.2, -0.15) is 13.2 Å². The van der Waals surface area contributed by atoms with E-state index in [0.29, 0.717) is 0 Å².